The molecule has 1 aromatic carbocycles. The molecule has 0 aliphatic rings. The summed E-state index contributed by atoms with van der Waals surface area (Å²) in [4.78, 5) is 2.26. The maximum atomic E-state index is 10.4. The van der Waals surface area contributed by atoms with Crippen LogP contribution in [0, 0.1) is 6.92 Å². The van der Waals surface area contributed by atoms with E-state index in [4.69, 9.17) is 9.47 Å². The quantitative estimate of drug-likeness (QED) is 0.632. The minimum atomic E-state index is -0.522. The van der Waals surface area contributed by atoms with Crippen LogP contribution >= 0.6 is 11.3 Å². The number of ether oxygens (including phenoxy) is 2. The van der Waals surface area contributed by atoms with Crippen molar-refractivity contribution in [3.05, 3.63) is 52.2 Å². The Morgan fingerprint density at radius 2 is 2.08 bits per heavy atom. The van der Waals surface area contributed by atoms with Gasteiger partial charge in [-0.15, -0.1) is 0 Å². The average molecular weight is 349 g/mol. The van der Waals surface area contributed by atoms with Gasteiger partial charge in [0.05, 0.1) is 0 Å². The summed E-state index contributed by atoms with van der Waals surface area (Å²) in [5.41, 5.74) is 2.37. The fraction of sp³-hybridized carbons (Fsp3) is 0.474. The van der Waals surface area contributed by atoms with Gasteiger partial charge in [-0.2, -0.15) is 11.3 Å². The molecule has 0 radical (unpaired) electrons. The molecule has 24 heavy (non-hydrogen) atoms. The van der Waals surface area contributed by atoms with Crippen LogP contribution in [0.1, 0.15) is 17.5 Å². The summed E-state index contributed by atoms with van der Waals surface area (Å²) in [7, 11) is 1.72. The van der Waals surface area contributed by atoms with E-state index in [0.717, 1.165) is 37.4 Å². The molecule has 0 saturated heterocycles. The van der Waals surface area contributed by atoms with Crippen molar-refractivity contribution in [2.24, 2.45) is 0 Å². The highest BCUT2D eigenvalue weighted by Gasteiger charge is 2.14. The molecule has 1 aromatic heterocycles. The van der Waals surface area contributed by atoms with Crippen molar-refractivity contribution < 1.29 is 14.6 Å². The Morgan fingerprint density at radius 1 is 1.25 bits per heavy atom. The largest absolute Gasteiger partial charge is 0.491 e. The first kappa shape index (κ1) is 18.9. The predicted molar refractivity (Wildman–Crippen MR) is 98.8 cm³/mol. The van der Waals surface area contributed by atoms with E-state index in [-0.39, 0.29) is 0 Å². The third-order valence-electron chi connectivity index (χ3n) is 3.80. The van der Waals surface area contributed by atoms with Crippen molar-refractivity contribution in [2.75, 3.05) is 33.4 Å². The topological polar surface area (TPSA) is 41.9 Å². The van der Waals surface area contributed by atoms with Gasteiger partial charge in [-0.3, -0.25) is 4.90 Å². The summed E-state index contributed by atoms with van der Waals surface area (Å²) >= 11 is 1.70. The lowest BCUT2D eigenvalue weighted by Crippen LogP contribution is -2.36. The normalized spacial score (nSPS) is 12.5. The molecule has 2 aromatic rings. The van der Waals surface area contributed by atoms with Crippen molar-refractivity contribution in [1.29, 1.82) is 0 Å². The van der Waals surface area contributed by atoms with Gasteiger partial charge in [0.15, 0.2) is 0 Å². The van der Waals surface area contributed by atoms with E-state index >= 15 is 0 Å². The first-order valence-electron chi connectivity index (χ1n) is 8.28. The van der Waals surface area contributed by atoms with Crippen molar-refractivity contribution in [1.82, 2.24) is 4.90 Å². The number of para-hydroxylation sites is 1. The Balaban J connectivity index is 1.83. The standard InChI is InChI=1S/C19H27NO3S/c1-16-6-3-4-7-19(16)23-14-18(21)13-20(9-5-10-22-2)12-17-8-11-24-15-17/h3-4,6-8,11,15,18,21H,5,9-10,12-14H2,1-2H3/t18-/m1/s1. The van der Waals surface area contributed by atoms with E-state index < -0.39 is 6.10 Å². The first-order valence-corrected chi connectivity index (χ1v) is 9.22. The summed E-state index contributed by atoms with van der Waals surface area (Å²) in [5.74, 6) is 0.834. The fourth-order valence-corrected chi connectivity index (χ4v) is 3.22. The molecule has 0 amide bonds. The number of rotatable bonds is 11. The predicted octanol–water partition coefficient (Wildman–Crippen LogP) is 3.33. The maximum Gasteiger partial charge on any atom is 0.122 e. The Bertz CT molecular complexity index is 574. The van der Waals surface area contributed by atoms with Gasteiger partial charge in [0, 0.05) is 33.4 Å². The first-order chi connectivity index (χ1) is 11.7. The van der Waals surface area contributed by atoms with E-state index in [9.17, 15) is 5.11 Å². The van der Waals surface area contributed by atoms with Gasteiger partial charge in [-0.1, -0.05) is 18.2 Å². The van der Waals surface area contributed by atoms with Crippen molar-refractivity contribution in [3.63, 3.8) is 0 Å². The minimum Gasteiger partial charge on any atom is -0.491 e. The SMILES string of the molecule is COCCCN(Cc1ccsc1)C[C@@H](O)COc1ccccc1C. The molecule has 0 unspecified atom stereocenters. The molecule has 1 heterocycles. The summed E-state index contributed by atoms with van der Waals surface area (Å²) in [6, 6.07) is 10.0. The molecular weight excluding hydrogens is 322 g/mol. The molecule has 0 spiro atoms. The Morgan fingerprint density at radius 3 is 2.79 bits per heavy atom. The molecule has 5 heteroatoms. The molecule has 2 rings (SSSR count). The van der Waals surface area contributed by atoms with Gasteiger partial charge in [-0.25, -0.2) is 0 Å². The molecule has 132 valence electrons. The molecule has 1 atom stereocenters. The molecule has 0 fully saturated rings. The van der Waals surface area contributed by atoms with Crippen LogP contribution in [-0.2, 0) is 11.3 Å². The zero-order chi connectivity index (χ0) is 17.2. The molecule has 0 bridgehead atoms. The van der Waals surface area contributed by atoms with Crippen LogP contribution in [0.3, 0.4) is 0 Å². The summed E-state index contributed by atoms with van der Waals surface area (Å²) in [6.07, 6.45) is 0.428. The number of aryl methyl sites for hydroxylation is 1. The van der Waals surface area contributed by atoms with Gasteiger partial charge >= 0.3 is 0 Å². The Labute approximate surface area is 148 Å². The number of aliphatic hydroxyl groups excluding tert-OH is 1. The lowest BCUT2D eigenvalue weighted by molar-refractivity contribution is 0.0616. The lowest BCUT2D eigenvalue weighted by Gasteiger charge is -2.25. The number of aliphatic hydroxyl groups is 1. The molecule has 0 aliphatic carbocycles. The summed E-state index contributed by atoms with van der Waals surface area (Å²) in [5, 5.41) is 14.6. The monoisotopic (exact) mass is 349 g/mol. The van der Waals surface area contributed by atoms with E-state index in [2.05, 4.69) is 21.7 Å². The second kappa shape index (κ2) is 10.5. The van der Waals surface area contributed by atoms with E-state index in [0.29, 0.717) is 13.2 Å². The lowest BCUT2D eigenvalue weighted by atomic mass is 10.2. The third kappa shape index (κ3) is 6.61. The Hall–Kier alpha value is -1.40. The van der Waals surface area contributed by atoms with Crippen LogP contribution in [0.2, 0.25) is 0 Å². The molecule has 0 aliphatic heterocycles. The van der Waals surface area contributed by atoms with Gasteiger partial charge < -0.3 is 14.6 Å². The molecule has 4 nitrogen and oxygen atoms in total. The number of thiophene rings is 1. The second-order valence-corrected chi connectivity index (χ2v) is 6.72. The van der Waals surface area contributed by atoms with Crippen LogP contribution in [0.25, 0.3) is 0 Å². The van der Waals surface area contributed by atoms with Gasteiger partial charge in [-0.05, 0) is 47.4 Å². The van der Waals surface area contributed by atoms with Crippen LogP contribution in [0.15, 0.2) is 41.1 Å². The van der Waals surface area contributed by atoms with Crippen molar-refractivity contribution in [3.8, 4) is 5.75 Å². The highest BCUT2D eigenvalue weighted by Crippen LogP contribution is 2.16. The zero-order valence-corrected chi connectivity index (χ0v) is 15.3. The van der Waals surface area contributed by atoms with Gasteiger partial charge in [0.25, 0.3) is 0 Å². The smallest absolute Gasteiger partial charge is 0.122 e. The third-order valence-corrected chi connectivity index (χ3v) is 4.53. The minimum absolute atomic E-state index is 0.301. The molecule has 0 saturated carbocycles. The Kier molecular flexibility index (Phi) is 8.25. The van der Waals surface area contributed by atoms with Crippen LogP contribution in [0.4, 0.5) is 0 Å². The van der Waals surface area contributed by atoms with Crippen molar-refractivity contribution >= 4 is 11.3 Å². The molecular formula is C19H27NO3S. The van der Waals surface area contributed by atoms with Gasteiger partial charge in [0.1, 0.15) is 18.5 Å². The number of nitrogens with zero attached hydrogens (tertiary/aromatic N) is 1. The van der Waals surface area contributed by atoms with E-state index in [1.807, 2.05) is 31.2 Å². The second-order valence-electron chi connectivity index (χ2n) is 5.94. The van der Waals surface area contributed by atoms with Crippen molar-refractivity contribution in [2.45, 2.75) is 26.0 Å². The van der Waals surface area contributed by atoms with Crippen LogP contribution in [-0.4, -0.2) is 49.5 Å². The van der Waals surface area contributed by atoms with Crippen LogP contribution in [0.5, 0.6) is 5.75 Å². The maximum absolute atomic E-state index is 10.4. The fourth-order valence-electron chi connectivity index (χ4n) is 2.56. The molecule has 1 N–H and O–H groups in total. The van der Waals surface area contributed by atoms with E-state index in [1.165, 1.54) is 5.56 Å². The number of hydrogen-bond donors (Lipinski definition) is 1. The highest BCUT2D eigenvalue weighted by molar-refractivity contribution is 7.07. The summed E-state index contributed by atoms with van der Waals surface area (Å²) in [6.45, 7) is 5.37. The number of benzene rings is 1. The zero-order valence-electron chi connectivity index (χ0n) is 14.5. The number of methoxy groups -OCH3 is 1. The average Bonchev–Trinajstić information content (AvgIpc) is 3.07. The number of hydrogen-bond acceptors (Lipinski definition) is 5. The summed E-state index contributed by atoms with van der Waals surface area (Å²) < 4.78 is 10.9. The highest BCUT2D eigenvalue weighted by atomic mass is 32.1. The van der Waals surface area contributed by atoms with Crippen LogP contribution < -0.4 is 4.74 Å². The van der Waals surface area contributed by atoms with E-state index in [1.54, 1.807) is 18.4 Å². The van der Waals surface area contributed by atoms with Gasteiger partial charge in [0.2, 0.25) is 0 Å².